The van der Waals surface area contributed by atoms with Crippen LogP contribution < -0.4 is 5.73 Å². The Morgan fingerprint density at radius 3 is 1.76 bits per heavy atom. The second-order valence-corrected chi connectivity index (χ2v) is 3.59. The molecule has 0 aliphatic carbocycles. The van der Waals surface area contributed by atoms with Gasteiger partial charge in [-0.05, 0) is 36.8 Å². The summed E-state index contributed by atoms with van der Waals surface area (Å²) in [5.74, 6) is 0.354. The van der Waals surface area contributed by atoms with Crippen LogP contribution in [0.2, 0.25) is 0 Å². The largest absolute Gasteiger partial charge is 0.508 e. The minimum Gasteiger partial charge on any atom is -0.508 e. The summed E-state index contributed by atoms with van der Waals surface area (Å²) in [6.07, 6.45) is 0. The SMILES string of the molecule is Cc1cc(O)cc(O)c1.Nc1ccccc1O. The third-order valence-electron chi connectivity index (χ3n) is 1.98. The second kappa shape index (κ2) is 5.65. The lowest BCUT2D eigenvalue weighted by Gasteiger charge is -1.94. The van der Waals surface area contributed by atoms with E-state index in [0.29, 0.717) is 5.69 Å². The van der Waals surface area contributed by atoms with E-state index in [4.69, 9.17) is 21.1 Å². The molecule has 90 valence electrons. The first-order chi connectivity index (χ1) is 7.99. The molecule has 0 fully saturated rings. The van der Waals surface area contributed by atoms with Gasteiger partial charge in [0.2, 0.25) is 0 Å². The number of hydrogen-bond donors (Lipinski definition) is 4. The minimum absolute atomic E-state index is 0.104. The Balaban J connectivity index is 0.000000171. The van der Waals surface area contributed by atoms with Crippen molar-refractivity contribution in [3.63, 3.8) is 0 Å². The maximum atomic E-state index is 8.83. The fourth-order valence-corrected chi connectivity index (χ4v) is 1.23. The third-order valence-corrected chi connectivity index (χ3v) is 1.98. The molecule has 4 heteroatoms. The fourth-order valence-electron chi connectivity index (χ4n) is 1.23. The number of anilines is 1. The number of phenolic OH excluding ortho intramolecular Hbond substituents is 3. The summed E-state index contributed by atoms with van der Waals surface area (Å²) in [7, 11) is 0. The van der Waals surface area contributed by atoms with Crippen LogP contribution in [0.5, 0.6) is 17.2 Å². The first kappa shape index (κ1) is 12.7. The van der Waals surface area contributed by atoms with E-state index in [1.807, 2.05) is 0 Å². The van der Waals surface area contributed by atoms with Gasteiger partial charge in [0.15, 0.2) is 0 Å². The third kappa shape index (κ3) is 4.34. The number of rotatable bonds is 0. The zero-order valence-corrected chi connectivity index (χ0v) is 9.46. The van der Waals surface area contributed by atoms with Gasteiger partial charge in [-0.25, -0.2) is 0 Å². The van der Waals surface area contributed by atoms with Crippen molar-refractivity contribution in [3.05, 3.63) is 48.0 Å². The van der Waals surface area contributed by atoms with E-state index in [1.54, 1.807) is 43.3 Å². The molecule has 2 aromatic rings. The van der Waals surface area contributed by atoms with Crippen LogP contribution in [0, 0.1) is 6.92 Å². The van der Waals surface area contributed by atoms with Gasteiger partial charge in [-0.15, -0.1) is 0 Å². The van der Waals surface area contributed by atoms with Crippen LogP contribution >= 0.6 is 0 Å². The van der Waals surface area contributed by atoms with Crippen LogP contribution in [0.25, 0.3) is 0 Å². The van der Waals surface area contributed by atoms with Gasteiger partial charge in [0.25, 0.3) is 0 Å². The van der Waals surface area contributed by atoms with Gasteiger partial charge >= 0.3 is 0 Å². The number of hydrogen-bond acceptors (Lipinski definition) is 4. The lowest BCUT2D eigenvalue weighted by atomic mass is 10.2. The zero-order chi connectivity index (χ0) is 12.8. The van der Waals surface area contributed by atoms with Crippen molar-refractivity contribution in [1.82, 2.24) is 0 Å². The highest BCUT2D eigenvalue weighted by Gasteiger charge is 1.91. The van der Waals surface area contributed by atoms with Gasteiger partial charge < -0.3 is 21.1 Å². The molecule has 2 aromatic carbocycles. The zero-order valence-electron chi connectivity index (χ0n) is 9.46. The van der Waals surface area contributed by atoms with Gasteiger partial charge in [-0.3, -0.25) is 0 Å². The van der Waals surface area contributed by atoms with Crippen LogP contribution in [-0.2, 0) is 0 Å². The minimum atomic E-state index is 0.104. The second-order valence-electron chi connectivity index (χ2n) is 3.59. The normalized spacial score (nSPS) is 9.24. The predicted octanol–water partition coefficient (Wildman–Crippen LogP) is 2.38. The van der Waals surface area contributed by atoms with Crippen molar-refractivity contribution in [2.45, 2.75) is 6.92 Å². The average Bonchev–Trinajstić information content (AvgIpc) is 2.21. The number of nitrogens with two attached hydrogens (primary N) is 1. The van der Waals surface area contributed by atoms with Crippen molar-refractivity contribution in [1.29, 1.82) is 0 Å². The Hall–Kier alpha value is -2.36. The monoisotopic (exact) mass is 233 g/mol. The molecule has 0 heterocycles. The summed E-state index contributed by atoms with van der Waals surface area (Å²) < 4.78 is 0. The summed E-state index contributed by atoms with van der Waals surface area (Å²) in [5, 5.41) is 26.5. The lowest BCUT2D eigenvalue weighted by molar-refractivity contribution is 0.450. The molecule has 17 heavy (non-hydrogen) atoms. The molecule has 0 atom stereocenters. The summed E-state index contributed by atoms with van der Waals surface area (Å²) in [5.41, 5.74) is 6.55. The standard InChI is InChI=1S/C7H8O2.C6H7NO/c1-5-2-6(8)4-7(9)3-5;7-5-3-1-2-4-6(5)8/h2-4,8-9H,1H3;1-4,8H,7H2. The van der Waals surface area contributed by atoms with Crippen LogP contribution in [0.3, 0.4) is 0 Å². The van der Waals surface area contributed by atoms with Crippen LogP contribution in [0.15, 0.2) is 42.5 Å². The number of para-hydroxylation sites is 2. The number of benzene rings is 2. The smallest absolute Gasteiger partial charge is 0.138 e. The first-order valence-corrected chi connectivity index (χ1v) is 5.02. The Bertz CT molecular complexity index is 426. The van der Waals surface area contributed by atoms with Gasteiger partial charge in [0, 0.05) is 6.07 Å². The van der Waals surface area contributed by atoms with Crippen LogP contribution in [0.1, 0.15) is 5.56 Å². The number of nitrogen functional groups attached to an aromatic ring is 1. The van der Waals surface area contributed by atoms with Crippen molar-refractivity contribution < 1.29 is 15.3 Å². The van der Waals surface area contributed by atoms with E-state index in [1.165, 1.54) is 6.07 Å². The molecule has 0 aliphatic heterocycles. The average molecular weight is 233 g/mol. The highest BCUT2D eigenvalue weighted by Crippen LogP contribution is 2.19. The molecule has 5 N–H and O–H groups in total. The molecule has 0 bridgehead atoms. The summed E-state index contributed by atoms with van der Waals surface area (Å²) in [6, 6.07) is 11.2. The van der Waals surface area contributed by atoms with Gasteiger partial charge in [-0.1, -0.05) is 12.1 Å². The molecule has 4 nitrogen and oxygen atoms in total. The highest BCUT2D eigenvalue weighted by molar-refractivity contribution is 5.50. The van der Waals surface area contributed by atoms with Crippen molar-refractivity contribution in [2.75, 3.05) is 5.73 Å². The van der Waals surface area contributed by atoms with E-state index in [-0.39, 0.29) is 17.2 Å². The maximum Gasteiger partial charge on any atom is 0.138 e. The van der Waals surface area contributed by atoms with Gasteiger partial charge in [0.1, 0.15) is 17.2 Å². The molecule has 0 spiro atoms. The van der Waals surface area contributed by atoms with E-state index < -0.39 is 0 Å². The van der Waals surface area contributed by atoms with E-state index >= 15 is 0 Å². The molecular formula is C13H15NO3. The quantitative estimate of drug-likeness (QED) is 0.415. The molecule has 0 unspecified atom stereocenters. The molecular weight excluding hydrogens is 218 g/mol. The number of phenols is 3. The highest BCUT2D eigenvalue weighted by atomic mass is 16.3. The Kier molecular flexibility index (Phi) is 4.22. The Morgan fingerprint density at radius 1 is 0.882 bits per heavy atom. The predicted molar refractivity (Wildman–Crippen MR) is 67.0 cm³/mol. The molecule has 0 saturated carbocycles. The molecule has 0 radical (unpaired) electrons. The molecule has 2 rings (SSSR count). The summed E-state index contributed by atoms with van der Waals surface area (Å²) >= 11 is 0. The molecule has 0 amide bonds. The fraction of sp³-hybridized carbons (Fsp3) is 0.0769. The van der Waals surface area contributed by atoms with Crippen LogP contribution in [0.4, 0.5) is 5.69 Å². The van der Waals surface area contributed by atoms with Crippen molar-refractivity contribution >= 4 is 5.69 Å². The Morgan fingerprint density at radius 2 is 1.41 bits per heavy atom. The van der Waals surface area contributed by atoms with Gasteiger partial charge in [-0.2, -0.15) is 0 Å². The van der Waals surface area contributed by atoms with Gasteiger partial charge in [0.05, 0.1) is 5.69 Å². The molecule has 0 aromatic heterocycles. The van der Waals surface area contributed by atoms with E-state index in [0.717, 1.165) is 5.56 Å². The molecule has 0 saturated heterocycles. The van der Waals surface area contributed by atoms with Crippen LogP contribution in [-0.4, -0.2) is 15.3 Å². The lowest BCUT2D eigenvalue weighted by Crippen LogP contribution is -1.82. The molecule has 0 aliphatic rings. The summed E-state index contributed by atoms with van der Waals surface area (Å²) in [6.45, 7) is 1.80. The number of aromatic hydroxyl groups is 3. The Labute approximate surface area is 99.6 Å². The maximum absolute atomic E-state index is 8.83. The van der Waals surface area contributed by atoms with E-state index in [2.05, 4.69) is 0 Å². The summed E-state index contributed by atoms with van der Waals surface area (Å²) in [4.78, 5) is 0. The van der Waals surface area contributed by atoms with Crippen molar-refractivity contribution in [2.24, 2.45) is 0 Å². The first-order valence-electron chi connectivity index (χ1n) is 5.02. The van der Waals surface area contributed by atoms with Crippen molar-refractivity contribution in [3.8, 4) is 17.2 Å². The van der Waals surface area contributed by atoms with E-state index in [9.17, 15) is 0 Å². The topological polar surface area (TPSA) is 86.7 Å². The number of aryl methyl sites for hydroxylation is 1.